The van der Waals surface area contributed by atoms with Crippen molar-refractivity contribution in [2.75, 3.05) is 11.4 Å². The average molecular weight is 380 g/mol. The molecule has 1 atom stereocenters. The highest BCUT2D eigenvalue weighted by Crippen LogP contribution is 2.39. The Hall–Kier alpha value is -2.17. The van der Waals surface area contributed by atoms with Gasteiger partial charge in [0.1, 0.15) is 11.0 Å². The van der Waals surface area contributed by atoms with Gasteiger partial charge in [0.15, 0.2) is 0 Å². The molecule has 0 aliphatic heterocycles. The SMILES string of the molecule is COc1ccc(N(c2cccc3ccccc23)[S+]([O-])C2CCCCC2)cc1. The summed E-state index contributed by atoms with van der Waals surface area (Å²) in [4.78, 5) is 0. The molecule has 140 valence electrons. The van der Waals surface area contributed by atoms with Crippen LogP contribution in [-0.4, -0.2) is 16.9 Å². The van der Waals surface area contributed by atoms with E-state index in [1.807, 2.05) is 46.8 Å². The van der Waals surface area contributed by atoms with Crippen molar-refractivity contribution in [2.24, 2.45) is 0 Å². The van der Waals surface area contributed by atoms with E-state index in [1.54, 1.807) is 7.11 Å². The quantitative estimate of drug-likeness (QED) is 0.511. The van der Waals surface area contributed by atoms with E-state index in [1.165, 1.54) is 19.3 Å². The molecule has 0 N–H and O–H groups in total. The molecule has 1 saturated carbocycles. The summed E-state index contributed by atoms with van der Waals surface area (Å²) < 4.78 is 21.0. The molecule has 1 fully saturated rings. The zero-order valence-electron chi connectivity index (χ0n) is 15.6. The molecule has 0 spiro atoms. The van der Waals surface area contributed by atoms with E-state index in [0.717, 1.165) is 40.7 Å². The molecule has 3 aromatic carbocycles. The van der Waals surface area contributed by atoms with Gasteiger partial charge in [0.2, 0.25) is 0 Å². The van der Waals surface area contributed by atoms with Crippen LogP contribution < -0.4 is 9.04 Å². The lowest BCUT2D eigenvalue weighted by molar-refractivity contribution is 0.415. The minimum atomic E-state index is -1.12. The fourth-order valence-electron chi connectivity index (χ4n) is 3.86. The molecule has 4 heteroatoms. The van der Waals surface area contributed by atoms with Crippen molar-refractivity contribution in [2.45, 2.75) is 37.4 Å². The molecular weight excluding hydrogens is 354 g/mol. The van der Waals surface area contributed by atoms with Crippen molar-refractivity contribution in [3.8, 4) is 5.75 Å². The van der Waals surface area contributed by atoms with E-state index in [2.05, 4.69) is 24.3 Å². The van der Waals surface area contributed by atoms with Gasteiger partial charge in [-0.25, -0.2) is 0 Å². The van der Waals surface area contributed by atoms with E-state index >= 15 is 0 Å². The molecule has 0 saturated heterocycles. The van der Waals surface area contributed by atoms with Gasteiger partial charge in [-0.05, 0) is 61.4 Å². The van der Waals surface area contributed by atoms with E-state index in [-0.39, 0.29) is 5.25 Å². The second-order valence-electron chi connectivity index (χ2n) is 7.03. The first-order chi connectivity index (χ1) is 13.3. The molecule has 0 radical (unpaired) electrons. The van der Waals surface area contributed by atoms with E-state index in [9.17, 15) is 4.55 Å². The summed E-state index contributed by atoms with van der Waals surface area (Å²) in [5, 5.41) is 2.49. The average Bonchev–Trinajstić information content (AvgIpc) is 2.75. The first-order valence-electron chi connectivity index (χ1n) is 9.60. The summed E-state index contributed by atoms with van der Waals surface area (Å²) in [6.07, 6.45) is 5.66. The molecule has 0 amide bonds. The van der Waals surface area contributed by atoms with Crippen LogP contribution in [0.4, 0.5) is 11.4 Å². The Kier molecular flexibility index (Phi) is 5.55. The van der Waals surface area contributed by atoms with Crippen LogP contribution in [0.2, 0.25) is 0 Å². The van der Waals surface area contributed by atoms with Crippen LogP contribution in [0.5, 0.6) is 5.75 Å². The summed E-state index contributed by atoms with van der Waals surface area (Å²) in [5.41, 5.74) is 1.94. The fraction of sp³-hybridized carbons (Fsp3) is 0.304. The van der Waals surface area contributed by atoms with E-state index in [0.29, 0.717) is 0 Å². The van der Waals surface area contributed by atoms with Gasteiger partial charge in [0.05, 0.1) is 29.8 Å². The summed E-state index contributed by atoms with van der Waals surface area (Å²) in [5.74, 6) is 0.806. The molecule has 1 aliphatic carbocycles. The zero-order valence-corrected chi connectivity index (χ0v) is 16.5. The number of nitrogens with zero attached hydrogens (tertiary/aromatic N) is 1. The summed E-state index contributed by atoms with van der Waals surface area (Å²) in [6, 6.07) is 22.4. The fourth-order valence-corrected chi connectivity index (χ4v) is 5.58. The topological polar surface area (TPSA) is 35.5 Å². The lowest BCUT2D eigenvalue weighted by atomic mass is 10.0. The van der Waals surface area contributed by atoms with Crippen molar-refractivity contribution in [1.82, 2.24) is 0 Å². The van der Waals surface area contributed by atoms with E-state index in [4.69, 9.17) is 4.74 Å². The van der Waals surface area contributed by atoms with Crippen LogP contribution in [0.3, 0.4) is 0 Å². The Morgan fingerprint density at radius 2 is 1.59 bits per heavy atom. The molecule has 1 aliphatic rings. The van der Waals surface area contributed by atoms with Gasteiger partial charge in [0, 0.05) is 5.39 Å². The predicted octanol–water partition coefficient (Wildman–Crippen LogP) is 5.98. The smallest absolute Gasteiger partial charge is 0.141 e. The Balaban J connectivity index is 1.81. The minimum Gasteiger partial charge on any atom is -0.592 e. The van der Waals surface area contributed by atoms with Crippen LogP contribution in [0.25, 0.3) is 10.8 Å². The lowest BCUT2D eigenvalue weighted by Crippen LogP contribution is -2.37. The van der Waals surface area contributed by atoms with Crippen molar-refractivity contribution in [1.29, 1.82) is 0 Å². The highest BCUT2D eigenvalue weighted by Gasteiger charge is 2.33. The first kappa shape index (κ1) is 18.2. The van der Waals surface area contributed by atoms with Crippen LogP contribution in [-0.2, 0) is 11.4 Å². The molecule has 3 aromatic rings. The van der Waals surface area contributed by atoms with E-state index < -0.39 is 11.4 Å². The maximum Gasteiger partial charge on any atom is 0.141 e. The van der Waals surface area contributed by atoms with Crippen molar-refractivity contribution in [3.63, 3.8) is 0 Å². The molecule has 0 heterocycles. The summed E-state index contributed by atoms with van der Waals surface area (Å²) in [7, 11) is 1.66. The van der Waals surface area contributed by atoms with Gasteiger partial charge in [-0.1, -0.05) is 42.8 Å². The van der Waals surface area contributed by atoms with Gasteiger partial charge >= 0.3 is 0 Å². The zero-order chi connectivity index (χ0) is 18.6. The summed E-state index contributed by atoms with van der Waals surface area (Å²) in [6.45, 7) is 0. The Morgan fingerprint density at radius 1 is 0.889 bits per heavy atom. The number of fused-ring (bicyclic) bond motifs is 1. The Morgan fingerprint density at radius 3 is 2.33 bits per heavy atom. The Labute approximate surface area is 164 Å². The summed E-state index contributed by atoms with van der Waals surface area (Å²) >= 11 is -1.12. The normalized spacial score (nSPS) is 16.2. The monoisotopic (exact) mass is 379 g/mol. The molecule has 0 bridgehead atoms. The van der Waals surface area contributed by atoms with Crippen molar-refractivity contribution >= 4 is 33.5 Å². The maximum atomic E-state index is 13.7. The lowest BCUT2D eigenvalue weighted by Gasteiger charge is -2.33. The highest BCUT2D eigenvalue weighted by molar-refractivity contribution is 7.93. The van der Waals surface area contributed by atoms with Gasteiger partial charge in [-0.2, -0.15) is 4.31 Å². The number of hydrogen-bond acceptors (Lipinski definition) is 3. The number of hydrogen-bond donors (Lipinski definition) is 0. The second kappa shape index (κ2) is 8.24. The third-order valence-electron chi connectivity index (χ3n) is 5.31. The van der Waals surface area contributed by atoms with Crippen molar-refractivity contribution < 1.29 is 9.29 Å². The number of ether oxygens (including phenoxy) is 1. The molecular formula is C23H25NO2S. The standard InChI is InChI=1S/C23H25NO2S/c1-26-20-16-14-19(15-17-20)24(27(25)21-10-3-2-4-11-21)23-13-7-9-18-8-5-6-12-22(18)23/h5-9,12-17,21H,2-4,10-11H2,1H3. The van der Waals surface area contributed by atoms with Gasteiger partial charge in [-0.3, -0.25) is 0 Å². The number of anilines is 2. The molecule has 3 nitrogen and oxygen atoms in total. The molecule has 4 rings (SSSR count). The molecule has 1 unspecified atom stereocenters. The van der Waals surface area contributed by atoms with Crippen LogP contribution in [0.15, 0.2) is 66.7 Å². The predicted molar refractivity (Wildman–Crippen MR) is 114 cm³/mol. The van der Waals surface area contributed by atoms with Gasteiger partial charge in [0.25, 0.3) is 0 Å². The van der Waals surface area contributed by atoms with Crippen LogP contribution in [0, 0.1) is 0 Å². The molecule has 27 heavy (non-hydrogen) atoms. The maximum absolute atomic E-state index is 13.7. The minimum absolute atomic E-state index is 0.208. The van der Waals surface area contributed by atoms with Gasteiger partial charge < -0.3 is 9.29 Å². The van der Waals surface area contributed by atoms with Crippen LogP contribution >= 0.6 is 0 Å². The van der Waals surface area contributed by atoms with Crippen LogP contribution in [0.1, 0.15) is 32.1 Å². The second-order valence-corrected chi connectivity index (χ2v) is 8.61. The van der Waals surface area contributed by atoms with Gasteiger partial charge in [-0.15, -0.1) is 0 Å². The first-order valence-corrected chi connectivity index (χ1v) is 10.8. The highest BCUT2D eigenvalue weighted by atomic mass is 32.2. The largest absolute Gasteiger partial charge is 0.592 e. The Bertz CT molecular complexity index is 885. The number of benzene rings is 3. The third-order valence-corrected chi connectivity index (χ3v) is 7.12. The molecule has 0 aromatic heterocycles. The number of rotatable bonds is 5. The third kappa shape index (κ3) is 3.78. The van der Waals surface area contributed by atoms with Crippen molar-refractivity contribution in [3.05, 3.63) is 66.7 Å². The number of methoxy groups -OCH3 is 1.